The quantitative estimate of drug-likeness (QED) is 0.562. The summed E-state index contributed by atoms with van der Waals surface area (Å²) in [7, 11) is 0. The predicted octanol–water partition coefficient (Wildman–Crippen LogP) is 2.23. The Morgan fingerprint density at radius 3 is 2.89 bits per heavy atom. The molecule has 0 unspecified atom stereocenters. The SMILES string of the molecule is O=C1Oc2ccccc2[C@]2(O)[C@@H]3CCCC[C@H]3[C@@H]12. The number of fused-ring (bicyclic) bond motifs is 6. The lowest BCUT2D eigenvalue weighted by molar-refractivity contribution is -0.234. The van der Waals surface area contributed by atoms with Crippen LogP contribution in [-0.4, -0.2) is 11.1 Å². The van der Waals surface area contributed by atoms with Crippen molar-refractivity contribution in [2.24, 2.45) is 17.8 Å². The van der Waals surface area contributed by atoms with E-state index in [-0.39, 0.29) is 17.8 Å². The molecule has 18 heavy (non-hydrogen) atoms. The van der Waals surface area contributed by atoms with Crippen LogP contribution < -0.4 is 4.74 Å². The summed E-state index contributed by atoms with van der Waals surface area (Å²) in [5.74, 6) is 0.539. The first kappa shape index (κ1) is 10.6. The Bertz CT molecular complexity index is 524. The number of para-hydroxylation sites is 1. The number of ether oxygens (including phenoxy) is 1. The molecular formula is C15H16O3. The third-order valence-electron chi connectivity index (χ3n) is 5.07. The van der Waals surface area contributed by atoms with Gasteiger partial charge in [-0.3, -0.25) is 4.79 Å². The van der Waals surface area contributed by atoms with Crippen LogP contribution in [0.5, 0.6) is 5.75 Å². The highest BCUT2D eigenvalue weighted by molar-refractivity contribution is 5.82. The van der Waals surface area contributed by atoms with Crippen LogP contribution in [0.15, 0.2) is 24.3 Å². The minimum atomic E-state index is -0.961. The zero-order valence-electron chi connectivity index (χ0n) is 10.1. The average Bonchev–Trinajstić information content (AvgIpc) is 2.37. The van der Waals surface area contributed by atoms with Crippen LogP contribution >= 0.6 is 0 Å². The number of hydrogen-bond donors (Lipinski definition) is 1. The van der Waals surface area contributed by atoms with Gasteiger partial charge in [0.2, 0.25) is 0 Å². The van der Waals surface area contributed by atoms with Crippen molar-refractivity contribution >= 4 is 5.97 Å². The Hall–Kier alpha value is -1.35. The molecule has 94 valence electrons. The number of carbonyl (C=O) groups is 1. The molecule has 1 N–H and O–H groups in total. The van der Waals surface area contributed by atoms with E-state index in [1.54, 1.807) is 6.07 Å². The molecule has 2 fully saturated rings. The summed E-state index contributed by atoms with van der Waals surface area (Å²) < 4.78 is 5.38. The minimum absolute atomic E-state index is 0.237. The molecule has 0 radical (unpaired) electrons. The van der Waals surface area contributed by atoms with Crippen molar-refractivity contribution in [1.29, 1.82) is 0 Å². The van der Waals surface area contributed by atoms with E-state index in [9.17, 15) is 9.90 Å². The van der Waals surface area contributed by atoms with E-state index in [2.05, 4.69) is 0 Å². The minimum Gasteiger partial charge on any atom is -0.426 e. The Balaban J connectivity index is 1.86. The maximum absolute atomic E-state index is 12.1. The second-order valence-corrected chi connectivity index (χ2v) is 5.78. The first-order valence-corrected chi connectivity index (χ1v) is 6.76. The van der Waals surface area contributed by atoms with Crippen LogP contribution in [0.2, 0.25) is 0 Å². The third kappa shape index (κ3) is 1.06. The monoisotopic (exact) mass is 244 g/mol. The summed E-state index contributed by atoms with van der Waals surface area (Å²) in [6.45, 7) is 0. The maximum atomic E-state index is 12.1. The third-order valence-corrected chi connectivity index (χ3v) is 5.07. The van der Waals surface area contributed by atoms with Gasteiger partial charge in [0.25, 0.3) is 0 Å². The van der Waals surface area contributed by atoms with Gasteiger partial charge in [-0.2, -0.15) is 0 Å². The summed E-state index contributed by atoms with van der Waals surface area (Å²) in [4.78, 5) is 12.1. The van der Waals surface area contributed by atoms with Crippen molar-refractivity contribution in [1.82, 2.24) is 0 Å². The number of aliphatic hydroxyl groups is 1. The maximum Gasteiger partial charge on any atom is 0.317 e. The molecule has 3 nitrogen and oxygen atoms in total. The molecule has 1 heterocycles. The first-order valence-electron chi connectivity index (χ1n) is 6.76. The van der Waals surface area contributed by atoms with Crippen molar-refractivity contribution < 1.29 is 14.6 Å². The Kier molecular flexibility index (Phi) is 1.97. The van der Waals surface area contributed by atoms with E-state index in [0.29, 0.717) is 11.7 Å². The molecule has 2 aliphatic carbocycles. The van der Waals surface area contributed by atoms with Gasteiger partial charge < -0.3 is 9.84 Å². The van der Waals surface area contributed by atoms with E-state index < -0.39 is 5.60 Å². The van der Waals surface area contributed by atoms with E-state index >= 15 is 0 Å². The Morgan fingerprint density at radius 2 is 2.00 bits per heavy atom. The van der Waals surface area contributed by atoms with Crippen molar-refractivity contribution in [3.63, 3.8) is 0 Å². The van der Waals surface area contributed by atoms with Crippen molar-refractivity contribution in [2.75, 3.05) is 0 Å². The van der Waals surface area contributed by atoms with Gasteiger partial charge >= 0.3 is 5.97 Å². The summed E-state index contributed by atoms with van der Waals surface area (Å²) in [5, 5.41) is 11.0. The Labute approximate surface area is 106 Å². The molecule has 1 aromatic rings. The van der Waals surface area contributed by atoms with Crippen molar-refractivity contribution in [3.8, 4) is 5.75 Å². The van der Waals surface area contributed by atoms with Gasteiger partial charge in [0.15, 0.2) is 0 Å². The molecule has 0 spiro atoms. The van der Waals surface area contributed by atoms with Crippen LogP contribution in [0.3, 0.4) is 0 Å². The van der Waals surface area contributed by atoms with Crippen LogP contribution in [0.25, 0.3) is 0 Å². The van der Waals surface area contributed by atoms with E-state index in [4.69, 9.17) is 4.74 Å². The lowest BCUT2D eigenvalue weighted by Crippen LogP contribution is -2.66. The normalized spacial score (nSPS) is 40.9. The van der Waals surface area contributed by atoms with E-state index in [1.165, 1.54) is 6.42 Å². The molecule has 1 aromatic carbocycles. The van der Waals surface area contributed by atoms with Gasteiger partial charge in [-0.15, -0.1) is 0 Å². The fourth-order valence-corrected chi connectivity index (χ4v) is 4.32. The largest absolute Gasteiger partial charge is 0.426 e. The first-order chi connectivity index (χ1) is 8.73. The van der Waals surface area contributed by atoms with Gasteiger partial charge in [0.1, 0.15) is 11.4 Å². The predicted molar refractivity (Wildman–Crippen MR) is 64.9 cm³/mol. The van der Waals surface area contributed by atoms with Crippen molar-refractivity contribution in [3.05, 3.63) is 29.8 Å². The molecule has 3 aliphatic rings. The van der Waals surface area contributed by atoms with Crippen LogP contribution in [-0.2, 0) is 10.4 Å². The molecule has 1 aliphatic heterocycles. The molecule has 0 amide bonds. The number of carbonyl (C=O) groups excluding carboxylic acids is 1. The molecule has 4 atom stereocenters. The highest BCUT2D eigenvalue weighted by Gasteiger charge is 2.68. The van der Waals surface area contributed by atoms with Gasteiger partial charge in [0, 0.05) is 5.56 Å². The van der Waals surface area contributed by atoms with Crippen LogP contribution in [0.1, 0.15) is 31.2 Å². The van der Waals surface area contributed by atoms with E-state index in [1.807, 2.05) is 18.2 Å². The van der Waals surface area contributed by atoms with Gasteiger partial charge in [-0.1, -0.05) is 31.0 Å². The fourth-order valence-electron chi connectivity index (χ4n) is 4.32. The number of benzene rings is 1. The van der Waals surface area contributed by atoms with E-state index in [0.717, 1.165) is 24.8 Å². The number of rotatable bonds is 0. The topological polar surface area (TPSA) is 46.5 Å². The molecular weight excluding hydrogens is 228 g/mol. The van der Waals surface area contributed by atoms with Gasteiger partial charge in [0.05, 0.1) is 5.92 Å². The lowest BCUT2D eigenvalue weighted by Gasteiger charge is -2.61. The van der Waals surface area contributed by atoms with Crippen LogP contribution in [0, 0.1) is 17.8 Å². The molecule has 0 bridgehead atoms. The average molecular weight is 244 g/mol. The zero-order valence-corrected chi connectivity index (χ0v) is 10.1. The Morgan fingerprint density at radius 1 is 1.22 bits per heavy atom. The second kappa shape index (κ2) is 3.35. The second-order valence-electron chi connectivity index (χ2n) is 5.78. The van der Waals surface area contributed by atoms with Gasteiger partial charge in [-0.25, -0.2) is 0 Å². The molecule has 0 saturated heterocycles. The number of esters is 1. The van der Waals surface area contributed by atoms with Crippen molar-refractivity contribution in [2.45, 2.75) is 31.3 Å². The van der Waals surface area contributed by atoms with Gasteiger partial charge in [-0.05, 0) is 30.7 Å². The smallest absolute Gasteiger partial charge is 0.317 e. The highest BCUT2D eigenvalue weighted by atomic mass is 16.5. The summed E-state index contributed by atoms with van der Waals surface area (Å²) in [5.41, 5.74) is -0.144. The molecule has 2 saturated carbocycles. The molecule has 4 rings (SSSR count). The van der Waals surface area contributed by atoms with Crippen LogP contribution in [0.4, 0.5) is 0 Å². The molecule has 0 aromatic heterocycles. The lowest BCUT2D eigenvalue weighted by atomic mass is 9.46. The summed E-state index contributed by atoms with van der Waals surface area (Å²) in [6, 6.07) is 7.42. The fraction of sp³-hybridized carbons (Fsp3) is 0.533. The molecule has 3 heteroatoms. The highest BCUT2D eigenvalue weighted by Crippen LogP contribution is 2.64. The number of hydrogen-bond acceptors (Lipinski definition) is 3. The zero-order chi connectivity index (χ0) is 12.3. The summed E-state index contributed by atoms with van der Waals surface area (Å²) >= 11 is 0. The summed E-state index contributed by atoms with van der Waals surface area (Å²) in [6.07, 6.45) is 4.41. The standard InChI is InChI=1S/C15H16O3/c16-14-13-9-5-1-2-6-10(9)15(13,17)11-7-3-4-8-12(11)18-14/h3-4,7-10,13,17H,1-2,5-6H2/t9-,10-,13+,15-/m1/s1.